The van der Waals surface area contributed by atoms with Crippen molar-refractivity contribution in [1.82, 2.24) is 14.9 Å². The van der Waals surface area contributed by atoms with E-state index in [9.17, 15) is 14.4 Å². The first kappa shape index (κ1) is 28.1. The van der Waals surface area contributed by atoms with Crippen LogP contribution in [0.25, 0.3) is 10.9 Å². The lowest BCUT2D eigenvalue weighted by atomic mass is 10.1. The molecule has 0 unspecified atom stereocenters. The Bertz CT molecular complexity index is 1400. The molecule has 2 aliphatic rings. The van der Waals surface area contributed by atoms with Gasteiger partial charge in [0.25, 0.3) is 11.5 Å². The molecule has 5 rings (SSSR count). The lowest BCUT2D eigenvalue weighted by Gasteiger charge is -2.17. The molecule has 10 nitrogen and oxygen atoms in total. The van der Waals surface area contributed by atoms with Gasteiger partial charge in [-0.3, -0.25) is 19.0 Å². The second kappa shape index (κ2) is 13.3. The average molecular weight is 567 g/mol. The quantitative estimate of drug-likeness (QED) is 0.267. The Kier molecular flexibility index (Phi) is 9.35. The normalized spacial score (nSPS) is 18.6. The summed E-state index contributed by atoms with van der Waals surface area (Å²) in [5.41, 5.74) is 1.25. The number of carbonyl (C=O) groups excluding carboxylic acids is 2. The Hall–Kier alpha value is -3.41. The first-order valence-corrected chi connectivity index (χ1v) is 14.7. The van der Waals surface area contributed by atoms with Crippen molar-refractivity contribution in [1.29, 1.82) is 0 Å². The first-order chi connectivity index (χ1) is 19.5. The lowest BCUT2D eigenvalue weighted by Crippen LogP contribution is -2.32. The molecule has 1 aromatic heterocycles. The highest BCUT2D eigenvalue weighted by molar-refractivity contribution is 7.99. The van der Waals surface area contributed by atoms with E-state index >= 15 is 0 Å². The van der Waals surface area contributed by atoms with E-state index in [2.05, 4.69) is 10.6 Å². The molecule has 40 heavy (non-hydrogen) atoms. The van der Waals surface area contributed by atoms with Crippen LogP contribution in [0, 0.1) is 0 Å². The van der Waals surface area contributed by atoms with Gasteiger partial charge in [-0.25, -0.2) is 4.98 Å². The SMILES string of the molecule is CCOc1ccc(NC(=O)CSc2nc3cc(C(=O)NC[C@H]4CCCO4)ccc3c(=O)n2C[C@H]2CCCO2)cc1. The largest absolute Gasteiger partial charge is 0.494 e. The van der Waals surface area contributed by atoms with E-state index in [1.54, 1.807) is 47.0 Å². The van der Waals surface area contributed by atoms with Gasteiger partial charge in [0.05, 0.1) is 42.0 Å². The molecule has 2 aromatic carbocycles. The van der Waals surface area contributed by atoms with Crippen molar-refractivity contribution in [2.24, 2.45) is 0 Å². The molecular formula is C29H34N4O6S. The summed E-state index contributed by atoms with van der Waals surface area (Å²) in [6, 6.07) is 12.1. The number of ether oxygens (including phenoxy) is 3. The van der Waals surface area contributed by atoms with Gasteiger partial charge in [-0.1, -0.05) is 11.8 Å². The zero-order chi connectivity index (χ0) is 27.9. The maximum Gasteiger partial charge on any atom is 0.262 e. The third-order valence-electron chi connectivity index (χ3n) is 6.89. The van der Waals surface area contributed by atoms with Gasteiger partial charge in [0.2, 0.25) is 5.91 Å². The predicted octanol–water partition coefficient (Wildman–Crippen LogP) is 3.61. The summed E-state index contributed by atoms with van der Waals surface area (Å²) in [5.74, 6) is 0.313. The van der Waals surface area contributed by atoms with E-state index < -0.39 is 0 Å². The average Bonchev–Trinajstić information content (AvgIpc) is 3.68. The topological polar surface area (TPSA) is 121 Å². The second-order valence-corrected chi connectivity index (χ2v) is 10.8. The number of carbonyl (C=O) groups is 2. The first-order valence-electron chi connectivity index (χ1n) is 13.7. The zero-order valence-electron chi connectivity index (χ0n) is 22.5. The molecule has 2 amide bonds. The molecule has 2 N–H and O–H groups in total. The van der Waals surface area contributed by atoms with Crippen LogP contribution in [0.1, 0.15) is 43.0 Å². The highest BCUT2D eigenvalue weighted by atomic mass is 32.2. The van der Waals surface area contributed by atoms with Gasteiger partial charge in [-0.05, 0) is 75.1 Å². The number of thioether (sulfide) groups is 1. The van der Waals surface area contributed by atoms with E-state index in [4.69, 9.17) is 19.2 Å². The number of aromatic nitrogens is 2. The van der Waals surface area contributed by atoms with Crippen molar-refractivity contribution < 1.29 is 23.8 Å². The molecule has 2 aliphatic heterocycles. The van der Waals surface area contributed by atoms with Crippen LogP contribution in [-0.4, -0.2) is 65.7 Å². The Morgan fingerprint density at radius 3 is 2.52 bits per heavy atom. The van der Waals surface area contributed by atoms with Crippen LogP contribution in [-0.2, 0) is 20.8 Å². The Morgan fingerprint density at radius 1 is 1.07 bits per heavy atom. The Balaban J connectivity index is 1.34. The van der Waals surface area contributed by atoms with Gasteiger partial charge in [-0.15, -0.1) is 0 Å². The minimum atomic E-state index is -0.244. The van der Waals surface area contributed by atoms with Gasteiger partial charge in [-0.2, -0.15) is 0 Å². The number of fused-ring (bicyclic) bond motifs is 1. The van der Waals surface area contributed by atoms with E-state index in [1.165, 1.54) is 11.8 Å². The summed E-state index contributed by atoms with van der Waals surface area (Å²) in [4.78, 5) is 43.9. The van der Waals surface area contributed by atoms with Crippen LogP contribution in [0.5, 0.6) is 5.75 Å². The summed E-state index contributed by atoms with van der Waals surface area (Å²) in [6.45, 7) is 4.66. The van der Waals surface area contributed by atoms with Gasteiger partial charge in [0, 0.05) is 31.0 Å². The van der Waals surface area contributed by atoms with E-state index in [0.717, 1.165) is 38.0 Å². The van der Waals surface area contributed by atoms with Crippen LogP contribution in [0.4, 0.5) is 5.69 Å². The second-order valence-electron chi connectivity index (χ2n) is 9.82. The van der Waals surface area contributed by atoms with Crippen molar-refractivity contribution in [2.75, 3.05) is 37.4 Å². The third-order valence-corrected chi connectivity index (χ3v) is 7.86. The minimum Gasteiger partial charge on any atom is -0.494 e. The van der Waals surface area contributed by atoms with Gasteiger partial charge >= 0.3 is 0 Å². The molecule has 212 valence electrons. The van der Waals surface area contributed by atoms with Gasteiger partial charge < -0.3 is 24.8 Å². The third kappa shape index (κ3) is 7.01. The smallest absolute Gasteiger partial charge is 0.262 e. The van der Waals surface area contributed by atoms with Crippen LogP contribution >= 0.6 is 11.8 Å². The summed E-state index contributed by atoms with van der Waals surface area (Å²) in [7, 11) is 0. The fourth-order valence-electron chi connectivity index (χ4n) is 4.85. The number of hydrogen-bond acceptors (Lipinski definition) is 8. The number of hydrogen-bond donors (Lipinski definition) is 2. The molecule has 0 bridgehead atoms. The summed E-state index contributed by atoms with van der Waals surface area (Å²) in [6.07, 6.45) is 3.67. The van der Waals surface area contributed by atoms with Crippen molar-refractivity contribution in [2.45, 2.75) is 56.5 Å². The number of amides is 2. The molecular weight excluding hydrogens is 532 g/mol. The van der Waals surface area contributed by atoms with E-state index in [1.807, 2.05) is 6.92 Å². The van der Waals surface area contributed by atoms with Crippen LogP contribution in [0.15, 0.2) is 52.4 Å². The monoisotopic (exact) mass is 566 g/mol. The minimum absolute atomic E-state index is 0.0318. The highest BCUT2D eigenvalue weighted by Crippen LogP contribution is 2.23. The van der Waals surface area contributed by atoms with Gasteiger partial charge in [0.15, 0.2) is 5.16 Å². The van der Waals surface area contributed by atoms with Crippen molar-refractivity contribution >= 4 is 40.2 Å². The molecule has 0 saturated carbocycles. The lowest BCUT2D eigenvalue weighted by molar-refractivity contribution is -0.113. The number of anilines is 1. The molecule has 11 heteroatoms. The van der Waals surface area contributed by atoms with E-state index in [0.29, 0.717) is 53.6 Å². The van der Waals surface area contributed by atoms with Crippen molar-refractivity contribution in [3.8, 4) is 5.75 Å². The predicted molar refractivity (Wildman–Crippen MR) is 153 cm³/mol. The number of nitrogens with one attached hydrogen (secondary N) is 2. The maximum absolute atomic E-state index is 13.6. The summed E-state index contributed by atoms with van der Waals surface area (Å²) >= 11 is 1.18. The Labute approximate surface area is 236 Å². The summed E-state index contributed by atoms with van der Waals surface area (Å²) < 4.78 is 18.4. The number of rotatable bonds is 11. The van der Waals surface area contributed by atoms with Crippen molar-refractivity contribution in [3.05, 3.63) is 58.4 Å². The van der Waals surface area contributed by atoms with Crippen LogP contribution in [0.2, 0.25) is 0 Å². The number of benzene rings is 2. The van der Waals surface area contributed by atoms with E-state index in [-0.39, 0.29) is 35.3 Å². The van der Waals surface area contributed by atoms with Gasteiger partial charge in [0.1, 0.15) is 5.75 Å². The Morgan fingerprint density at radius 2 is 1.82 bits per heavy atom. The van der Waals surface area contributed by atoms with Crippen LogP contribution in [0.3, 0.4) is 0 Å². The molecule has 0 spiro atoms. The standard InChI is InChI=1S/C29H34N4O6S/c1-2-37-21-10-8-20(9-11-21)31-26(34)18-40-29-32-25-15-19(27(35)30-16-22-5-3-13-38-22)7-12-24(25)28(36)33(29)17-23-6-4-14-39-23/h7-12,15,22-23H,2-6,13-14,16-18H2,1H3,(H,30,35)(H,31,34)/t22-,23-/m1/s1. The molecule has 0 aliphatic carbocycles. The van der Waals surface area contributed by atoms with Crippen LogP contribution < -0.4 is 20.9 Å². The number of nitrogens with zero attached hydrogens (tertiary/aromatic N) is 2. The molecule has 2 saturated heterocycles. The maximum atomic E-state index is 13.6. The molecule has 3 aromatic rings. The molecule has 0 radical (unpaired) electrons. The molecule has 3 heterocycles. The molecule has 2 fully saturated rings. The fourth-order valence-corrected chi connectivity index (χ4v) is 5.66. The molecule has 2 atom stereocenters. The summed E-state index contributed by atoms with van der Waals surface area (Å²) in [5, 5.41) is 6.60. The van der Waals surface area contributed by atoms with Crippen molar-refractivity contribution in [3.63, 3.8) is 0 Å². The zero-order valence-corrected chi connectivity index (χ0v) is 23.3. The highest BCUT2D eigenvalue weighted by Gasteiger charge is 2.22. The fraction of sp³-hybridized carbons (Fsp3) is 0.448.